The van der Waals surface area contributed by atoms with Crippen molar-refractivity contribution in [3.8, 4) is 11.5 Å². The summed E-state index contributed by atoms with van der Waals surface area (Å²) in [6, 6.07) is 12.6. The molecule has 0 fully saturated rings. The van der Waals surface area contributed by atoms with E-state index in [4.69, 9.17) is 8.85 Å². The highest BCUT2D eigenvalue weighted by Crippen LogP contribution is 2.48. The molecule has 4 rings (SSSR count). The van der Waals surface area contributed by atoms with E-state index in [1.807, 2.05) is 12.1 Å². The molecule has 2 aromatic rings. The first-order chi connectivity index (χ1) is 15.8. The van der Waals surface area contributed by atoms with Crippen LogP contribution in [-0.4, -0.2) is 25.3 Å². The predicted octanol–water partition coefficient (Wildman–Crippen LogP) is 6.92. The van der Waals surface area contributed by atoms with E-state index in [0.29, 0.717) is 31.4 Å². The molecule has 0 aliphatic heterocycles. The van der Waals surface area contributed by atoms with Gasteiger partial charge in [0.25, 0.3) is 0 Å². The fraction of sp³-hybridized carbons (Fsp3) is 0.552. The molecule has 1 spiro atoms. The van der Waals surface area contributed by atoms with Crippen molar-refractivity contribution in [3.63, 3.8) is 0 Å². The van der Waals surface area contributed by atoms with Gasteiger partial charge < -0.3 is 8.85 Å². The molecule has 0 amide bonds. The Morgan fingerprint density at radius 3 is 1.76 bits per heavy atom. The van der Waals surface area contributed by atoms with E-state index >= 15 is 0 Å². The summed E-state index contributed by atoms with van der Waals surface area (Å²) >= 11 is 0. The average molecular weight is 491 g/mol. The third-order valence-corrected chi connectivity index (χ3v) is 11.2. The molecule has 1 atom stereocenters. The molecule has 1 unspecified atom stereocenters. The number of carbonyl (C=O) groups is 1. The molecule has 0 bridgehead atoms. The van der Waals surface area contributed by atoms with E-state index in [1.54, 1.807) is 0 Å². The normalized spacial score (nSPS) is 19.8. The number of hydrogen-bond donors (Lipinski definition) is 0. The Kier molecular flexibility index (Phi) is 6.67. The van der Waals surface area contributed by atoms with Crippen LogP contribution in [0.3, 0.4) is 0 Å². The van der Waals surface area contributed by atoms with E-state index in [2.05, 4.69) is 79.7 Å². The Balaban J connectivity index is 1.47. The minimum absolute atomic E-state index is 0.113. The van der Waals surface area contributed by atoms with Crippen LogP contribution in [-0.2, 0) is 19.3 Å². The summed E-state index contributed by atoms with van der Waals surface area (Å²) in [5.74, 6) is 3.12. The van der Waals surface area contributed by atoms with Crippen LogP contribution in [0.1, 0.15) is 82.4 Å². The molecule has 3 nitrogen and oxygen atoms in total. The third-order valence-electron chi connectivity index (χ3n) is 8.32. The monoisotopic (exact) mass is 490 g/mol. The predicted molar refractivity (Wildman–Crippen MR) is 141 cm³/mol. The number of rotatable bonds is 8. The molecule has 0 saturated carbocycles. The molecule has 180 valence electrons. The number of benzene rings is 2. The van der Waals surface area contributed by atoms with Gasteiger partial charge in [-0.3, -0.25) is 4.79 Å². The average Bonchev–Trinajstić information content (AvgIpc) is 3.26. The van der Waals surface area contributed by atoms with Crippen molar-refractivity contribution < 1.29 is 13.6 Å². The Bertz CT molecular complexity index is 1080. The summed E-state index contributed by atoms with van der Waals surface area (Å²) in [4.78, 5) is 13.7. The lowest BCUT2D eigenvalue weighted by Crippen LogP contribution is -2.28. The van der Waals surface area contributed by atoms with Gasteiger partial charge in [0.15, 0.2) is 5.78 Å². The van der Waals surface area contributed by atoms with E-state index in [9.17, 15) is 4.79 Å². The fourth-order valence-corrected chi connectivity index (χ4v) is 5.90. The largest absolute Gasteiger partial charge is 0.540 e. The molecule has 2 aromatic carbocycles. The number of hydrogen-bond acceptors (Lipinski definition) is 3. The standard InChI is InChI=1S/C29H38O3Si2/c1-18(2)27(5,6)33-31-23-11-9-20-15-29(17-22(20)13-23)16-21-10-12-24(14-25(21)26(29)30)32-34-28(7,8)19(3)4/h9-14,18-19H,15-17H2,1-8H3. The minimum atomic E-state index is -0.346. The lowest BCUT2D eigenvalue weighted by atomic mass is 9.81. The van der Waals surface area contributed by atoms with Gasteiger partial charge >= 0.3 is 19.5 Å². The second kappa shape index (κ2) is 8.98. The molecule has 5 heteroatoms. The van der Waals surface area contributed by atoms with Gasteiger partial charge in [-0.15, -0.1) is 0 Å². The first kappa shape index (κ1) is 25.2. The van der Waals surface area contributed by atoms with E-state index < -0.39 is 0 Å². The van der Waals surface area contributed by atoms with Crippen LogP contribution in [0, 0.1) is 17.3 Å². The van der Waals surface area contributed by atoms with Crippen LogP contribution in [0.4, 0.5) is 0 Å². The smallest absolute Gasteiger partial charge is 0.317 e. The molecule has 0 saturated heterocycles. The number of Topliss-reactive ketones (excluding diaryl/α,β-unsaturated/α-hetero) is 1. The maximum absolute atomic E-state index is 13.7. The molecular weight excluding hydrogens is 452 g/mol. The molecule has 34 heavy (non-hydrogen) atoms. The SMILES string of the molecule is CC(C)C(C)(C)[Si]Oc1ccc2c(c1)CC1(C2)Cc2ccc(O[Si]C(C)(C)C(C)C)cc2C1=O. The Morgan fingerprint density at radius 1 is 0.735 bits per heavy atom. The van der Waals surface area contributed by atoms with Gasteiger partial charge in [0.1, 0.15) is 11.5 Å². The molecule has 0 heterocycles. The van der Waals surface area contributed by atoms with Crippen molar-refractivity contribution in [2.45, 2.75) is 84.7 Å². The van der Waals surface area contributed by atoms with Crippen LogP contribution in [0.25, 0.3) is 0 Å². The molecule has 0 aromatic heterocycles. The van der Waals surface area contributed by atoms with Crippen molar-refractivity contribution in [3.05, 3.63) is 58.7 Å². The summed E-state index contributed by atoms with van der Waals surface area (Å²) in [5.41, 5.74) is 4.22. The first-order valence-corrected chi connectivity index (χ1v) is 14.3. The number of ketones is 1. The highest BCUT2D eigenvalue weighted by Gasteiger charge is 2.49. The van der Waals surface area contributed by atoms with E-state index in [0.717, 1.165) is 41.9 Å². The highest BCUT2D eigenvalue weighted by atomic mass is 28.2. The van der Waals surface area contributed by atoms with Gasteiger partial charge in [0, 0.05) is 11.0 Å². The first-order valence-electron chi connectivity index (χ1n) is 12.5. The summed E-state index contributed by atoms with van der Waals surface area (Å²) in [5, 5.41) is 0.260. The van der Waals surface area contributed by atoms with Gasteiger partial charge in [-0.2, -0.15) is 0 Å². The van der Waals surface area contributed by atoms with E-state index in [1.165, 1.54) is 11.1 Å². The number of fused-ring (bicyclic) bond motifs is 2. The summed E-state index contributed by atoms with van der Waals surface area (Å²) in [6.07, 6.45) is 2.42. The van der Waals surface area contributed by atoms with Crippen LogP contribution < -0.4 is 8.85 Å². The molecule has 4 radical (unpaired) electrons. The molecular formula is C29H38O3Si2. The zero-order chi connectivity index (χ0) is 24.9. The summed E-state index contributed by atoms with van der Waals surface area (Å²) in [7, 11) is 0.775. The maximum atomic E-state index is 13.7. The molecule has 0 N–H and O–H groups in total. The third kappa shape index (κ3) is 4.79. The van der Waals surface area contributed by atoms with Crippen LogP contribution in [0.2, 0.25) is 10.1 Å². The van der Waals surface area contributed by atoms with Crippen molar-refractivity contribution >= 4 is 25.3 Å². The van der Waals surface area contributed by atoms with E-state index in [-0.39, 0.29) is 21.3 Å². The van der Waals surface area contributed by atoms with Crippen molar-refractivity contribution in [1.29, 1.82) is 0 Å². The number of carbonyl (C=O) groups excluding carboxylic acids is 1. The topological polar surface area (TPSA) is 35.5 Å². The van der Waals surface area contributed by atoms with Gasteiger partial charge in [0.2, 0.25) is 0 Å². The summed E-state index contributed by atoms with van der Waals surface area (Å²) in [6.45, 7) is 17.9. The highest BCUT2D eigenvalue weighted by molar-refractivity contribution is 6.33. The van der Waals surface area contributed by atoms with Crippen LogP contribution in [0.15, 0.2) is 36.4 Å². The van der Waals surface area contributed by atoms with Crippen molar-refractivity contribution in [2.75, 3.05) is 0 Å². The Labute approximate surface area is 210 Å². The molecule has 2 aliphatic carbocycles. The summed E-state index contributed by atoms with van der Waals surface area (Å²) < 4.78 is 12.4. The lowest BCUT2D eigenvalue weighted by molar-refractivity contribution is 0.0831. The Hall–Kier alpha value is -1.86. The van der Waals surface area contributed by atoms with Crippen molar-refractivity contribution in [1.82, 2.24) is 0 Å². The second-order valence-electron chi connectivity index (χ2n) is 12.1. The quantitative estimate of drug-likeness (QED) is 0.377. The zero-order valence-corrected chi connectivity index (χ0v) is 24.0. The Morgan fingerprint density at radius 2 is 1.21 bits per heavy atom. The van der Waals surface area contributed by atoms with Gasteiger partial charge in [0.05, 0.1) is 0 Å². The fourth-order valence-electron chi connectivity index (χ4n) is 4.41. The van der Waals surface area contributed by atoms with Crippen LogP contribution in [0.5, 0.6) is 11.5 Å². The van der Waals surface area contributed by atoms with Gasteiger partial charge in [-0.05, 0) is 82.1 Å². The maximum Gasteiger partial charge on any atom is 0.317 e. The zero-order valence-electron chi connectivity index (χ0n) is 22.0. The van der Waals surface area contributed by atoms with Gasteiger partial charge in [-0.25, -0.2) is 0 Å². The van der Waals surface area contributed by atoms with Crippen LogP contribution >= 0.6 is 0 Å². The van der Waals surface area contributed by atoms with Gasteiger partial charge in [-0.1, -0.05) is 67.5 Å². The lowest BCUT2D eigenvalue weighted by Gasteiger charge is -2.27. The van der Waals surface area contributed by atoms with Crippen molar-refractivity contribution in [2.24, 2.45) is 17.3 Å². The minimum Gasteiger partial charge on any atom is -0.540 e. The second-order valence-corrected chi connectivity index (χ2v) is 15.4. The molecule has 2 aliphatic rings.